The maximum absolute atomic E-state index is 13.6. The molecule has 0 atom stereocenters. The SMILES string of the molecule is O=C(NCc1ccc(CNC(=O)c2ccccc2F)cc1)c1ccccc1F. The maximum atomic E-state index is 13.6. The molecule has 0 aliphatic carbocycles. The lowest BCUT2D eigenvalue weighted by atomic mass is 10.1. The minimum atomic E-state index is -0.569. The molecular formula is C22H18F2N2O2. The smallest absolute Gasteiger partial charge is 0.254 e. The Hall–Kier alpha value is -3.54. The molecule has 142 valence electrons. The third-order valence-electron chi connectivity index (χ3n) is 4.17. The zero-order chi connectivity index (χ0) is 19.9. The Balaban J connectivity index is 1.52. The molecule has 0 heterocycles. The third kappa shape index (κ3) is 4.79. The summed E-state index contributed by atoms with van der Waals surface area (Å²) in [4.78, 5) is 24.0. The Morgan fingerprint density at radius 2 is 0.964 bits per heavy atom. The van der Waals surface area contributed by atoms with Crippen LogP contribution in [0, 0.1) is 11.6 Å². The summed E-state index contributed by atoms with van der Waals surface area (Å²) >= 11 is 0. The second-order valence-corrected chi connectivity index (χ2v) is 6.14. The standard InChI is InChI=1S/C22H18F2N2O2/c23-19-7-3-1-5-17(19)21(27)25-13-15-9-11-16(12-10-15)14-26-22(28)18-6-2-4-8-20(18)24/h1-12H,13-14H2,(H,25,27)(H,26,28). The third-order valence-corrected chi connectivity index (χ3v) is 4.17. The first-order valence-electron chi connectivity index (χ1n) is 8.68. The van der Waals surface area contributed by atoms with Gasteiger partial charge in [0.1, 0.15) is 11.6 Å². The summed E-state index contributed by atoms with van der Waals surface area (Å²) in [5, 5.41) is 5.33. The lowest BCUT2D eigenvalue weighted by Crippen LogP contribution is -2.24. The van der Waals surface area contributed by atoms with Gasteiger partial charge in [0, 0.05) is 13.1 Å². The van der Waals surface area contributed by atoms with Crippen LogP contribution in [0.25, 0.3) is 0 Å². The van der Waals surface area contributed by atoms with Crippen LogP contribution in [0.3, 0.4) is 0 Å². The molecule has 2 N–H and O–H groups in total. The second-order valence-electron chi connectivity index (χ2n) is 6.14. The van der Waals surface area contributed by atoms with Gasteiger partial charge < -0.3 is 10.6 Å². The van der Waals surface area contributed by atoms with Crippen LogP contribution in [0.4, 0.5) is 8.78 Å². The normalized spacial score (nSPS) is 10.4. The van der Waals surface area contributed by atoms with Gasteiger partial charge in [-0.25, -0.2) is 8.78 Å². The van der Waals surface area contributed by atoms with E-state index in [0.29, 0.717) is 0 Å². The Kier molecular flexibility index (Phi) is 6.11. The number of halogens is 2. The number of carbonyl (C=O) groups excluding carboxylic acids is 2. The first-order chi connectivity index (χ1) is 13.5. The summed E-state index contributed by atoms with van der Waals surface area (Å²) in [7, 11) is 0. The van der Waals surface area contributed by atoms with E-state index in [1.54, 1.807) is 36.4 Å². The average molecular weight is 380 g/mol. The molecule has 0 aliphatic heterocycles. The number of hydrogen-bond acceptors (Lipinski definition) is 2. The molecule has 3 rings (SSSR count). The summed E-state index contributed by atoms with van der Waals surface area (Å²) in [6, 6.07) is 18.8. The van der Waals surface area contributed by atoms with Crippen LogP contribution in [0.5, 0.6) is 0 Å². The van der Waals surface area contributed by atoms with Gasteiger partial charge in [-0.2, -0.15) is 0 Å². The summed E-state index contributed by atoms with van der Waals surface area (Å²) in [5.41, 5.74) is 1.65. The predicted molar refractivity (Wildman–Crippen MR) is 102 cm³/mol. The summed E-state index contributed by atoms with van der Waals surface area (Å²) in [5.74, 6) is -2.11. The molecule has 0 aliphatic rings. The Labute approximate surface area is 161 Å². The predicted octanol–water partition coefficient (Wildman–Crippen LogP) is 3.82. The van der Waals surface area contributed by atoms with Crippen LogP contribution in [-0.4, -0.2) is 11.8 Å². The molecule has 0 bridgehead atoms. The monoisotopic (exact) mass is 380 g/mol. The molecule has 28 heavy (non-hydrogen) atoms. The van der Waals surface area contributed by atoms with Gasteiger partial charge in [-0.3, -0.25) is 9.59 Å². The largest absolute Gasteiger partial charge is 0.348 e. The second kappa shape index (κ2) is 8.90. The zero-order valence-electron chi connectivity index (χ0n) is 14.9. The number of hydrogen-bond donors (Lipinski definition) is 2. The summed E-state index contributed by atoms with van der Waals surface area (Å²) in [6.45, 7) is 0.490. The van der Waals surface area contributed by atoms with E-state index >= 15 is 0 Å². The van der Waals surface area contributed by atoms with Gasteiger partial charge in [0.2, 0.25) is 0 Å². The molecule has 3 aromatic carbocycles. The fourth-order valence-corrected chi connectivity index (χ4v) is 2.62. The van der Waals surface area contributed by atoms with Crippen LogP contribution in [0.2, 0.25) is 0 Å². The number of nitrogens with one attached hydrogen (secondary N) is 2. The molecule has 0 unspecified atom stereocenters. The fourth-order valence-electron chi connectivity index (χ4n) is 2.62. The summed E-state index contributed by atoms with van der Waals surface area (Å²) in [6.07, 6.45) is 0. The zero-order valence-corrected chi connectivity index (χ0v) is 14.9. The van der Waals surface area contributed by atoms with Crippen molar-refractivity contribution in [1.82, 2.24) is 10.6 Å². The van der Waals surface area contributed by atoms with Crippen molar-refractivity contribution in [3.8, 4) is 0 Å². The van der Waals surface area contributed by atoms with Gasteiger partial charge >= 0.3 is 0 Å². The van der Waals surface area contributed by atoms with E-state index in [1.807, 2.05) is 0 Å². The maximum Gasteiger partial charge on any atom is 0.254 e. The quantitative estimate of drug-likeness (QED) is 0.683. The van der Waals surface area contributed by atoms with Crippen LogP contribution in [0.1, 0.15) is 31.8 Å². The highest BCUT2D eigenvalue weighted by atomic mass is 19.1. The van der Waals surface area contributed by atoms with E-state index in [4.69, 9.17) is 0 Å². The number of amides is 2. The minimum absolute atomic E-state index is 0.00465. The number of carbonyl (C=O) groups is 2. The first-order valence-corrected chi connectivity index (χ1v) is 8.68. The van der Waals surface area contributed by atoms with Crippen LogP contribution < -0.4 is 10.6 Å². The fraction of sp³-hybridized carbons (Fsp3) is 0.0909. The Morgan fingerprint density at radius 3 is 1.32 bits per heavy atom. The van der Waals surface area contributed by atoms with Gasteiger partial charge in [0.25, 0.3) is 11.8 Å². The van der Waals surface area contributed by atoms with Crippen molar-refractivity contribution in [3.05, 3.63) is 107 Å². The summed E-state index contributed by atoms with van der Waals surface area (Å²) < 4.78 is 27.2. The number of benzene rings is 3. The number of rotatable bonds is 6. The lowest BCUT2D eigenvalue weighted by molar-refractivity contribution is 0.0938. The molecule has 0 saturated heterocycles. The molecule has 0 fully saturated rings. The van der Waals surface area contributed by atoms with Gasteiger partial charge in [-0.05, 0) is 35.4 Å². The molecule has 3 aromatic rings. The van der Waals surface area contributed by atoms with E-state index in [0.717, 1.165) is 11.1 Å². The van der Waals surface area contributed by atoms with E-state index in [1.165, 1.54) is 36.4 Å². The lowest BCUT2D eigenvalue weighted by Gasteiger charge is -2.09. The molecular weight excluding hydrogens is 362 g/mol. The molecule has 2 amide bonds. The average Bonchev–Trinajstić information content (AvgIpc) is 2.71. The van der Waals surface area contributed by atoms with Crippen LogP contribution >= 0.6 is 0 Å². The van der Waals surface area contributed by atoms with Crippen molar-refractivity contribution < 1.29 is 18.4 Å². The molecule has 0 radical (unpaired) electrons. The van der Waals surface area contributed by atoms with Crippen molar-refractivity contribution in [2.45, 2.75) is 13.1 Å². The van der Waals surface area contributed by atoms with Crippen molar-refractivity contribution >= 4 is 11.8 Å². The Morgan fingerprint density at radius 1 is 0.607 bits per heavy atom. The molecule has 6 heteroatoms. The molecule has 0 saturated carbocycles. The van der Waals surface area contributed by atoms with E-state index in [2.05, 4.69) is 10.6 Å². The Bertz CT molecular complexity index is 907. The topological polar surface area (TPSA) is 58.2 Å². The molecule has 0 spiro atoms. The van der Waals surface area contributed by atoms with E-state index < -0.39 is 23.4 Å². The van der Waals surface area contributed by atoms with Gasteiger partial charge in [-0.1, -0.05) is 48.5 Å². The van der Waals surface area contributed by atoms with E-state index in [-0.39, 0.29) is 24.2 Å². The van der Waals surface area contributed by atoms with Gasteiger partial charge in [0.15, 0.2) is 0 Å². The van der Waals surface area contributed by atoms with Crippen molar-refractivity contribution in [1.29, 1.82) is 0 Å². The van der Waals surface area contributed by atoms with Crippen molar-refractivity contribution in [2.24, 2.45) is 0 Å². The highest BCUT2D eigenvalue weighted by Gasteiger charge is 2.11. The first kappa shape index (κ1) is 19.2. The van der Waals surface area contributed by atoms with Gasteiger partial charge in [-0.15, -0.1) is 0 Å². The highest BCUT2D eigenvalue weighted by Crippen LogP contribution is 2.09. The highest BCUT2D eigenvalue weighted by molar-refractivity contribution is 5.94. The van der Waals surface area contributed by atoms with Crippen LogP contribution in [-0.2, 0) is 13.1 Å². The molecule has 0 aromatic heterocycles. The van der Waals surface area contributed by atoms with Crippen LogP contribution in [0.15, 0.2) is 72.8 Å². The minimum Gasteiger partial charge on any atom is -0.348 e. The van der Waals surface area contributed by atoms with Gasteiger partial charge in [0.05, 0.1) is 11.1 Å². The van der Waals surface area contributed by atoms with E-state index in [9.17, 15) is 18.4 Å². The molecule has 4 nitrogen and oxygen atoms in total. The van der Waals surface area contributed by atoms with Crippen molar-refractivity contribution in [3.63, 3.8) is 0 Å². The van der Waals surface area contributed by atoms with Crippen molar-refractivity contribution in [2.75, 3.05) is 0 Å².